The number of halogens is 1. The lowest BCUT2D eigenvalue weighted by molar-refractivity contribution is 0.464. The molecule has 0 unspecified atom stereocenters. The lowest BCUT2D eigenvalue weighted by Crippen LogP contribution is -2.13. The summed E-state index contributed by atoms with van der Waals surface area (Å²) in [5.41, 5.74) is 1.67. The van der Waals surface area contributed by atoms with Crippen molar-refractivity contribution in [1.82, 2.24) is 15.3 Å². The minimum atomic E-state index is 0.129. The molecule has 0 bridgehead atoms. The van der Waals surface area contributed by atoms with Gasteiger partial charge in [-0.3, -0.25) is 0 Å². The van der Waals surface area contributed by atoms with E-state index in [0.717, 1.165) is 11.3 Å². The summed E-state index contributed by atoms with van der Waals surface area (Å²) in [4.78, 5) is 7.93. The zero-order valence-electron chi connectivity index (χ0n) is 9.10. The van der Waals surface area contributed by atoms with Gasteiger partial charge >= 0.3 is 0 Å². The van der Waals surface area contributed by atoms with Crippen LogP contribution in [0.5, 0.6) is 5.75 Å². The highest BCUT2D eigenvalue weighted by molar-refractivity contribution is 6.32. The SMILES string of the molecule is Oc1c(Cl)cccc1CNCc1ccncn1. The van der Waals surface area contributed by atoms with Gasteiger partial charge in [0.15, 0.2) is 0 Å². The molecule has 0 spiro atoms. The van der Waals surface area contributed by atoms with Crippen molar-refractivity contribution in [3.8, 4) is 5.75 Å². The summed E-state index contributed by atoms with van der Waals surface area (Å²) in [5, 5.41) is 13.2. The quantitative estimate of drug-likeness (QED) is 0.872. The van der Waals surface area contributed by atoms with Crippen LogP contribution in [0.1, 0.15) is 11.3 Å². The van der Waals surface area contributed by atoms with Gasteiger partial charge in [-0.1, -0.05) is 23.7 Å². The first-order chi connectivity index (χ1) is 8.27. The molecular formula is C12H12ClN3O. The third-order valence-corrected chi connectivity index (χ3v) is 2.64. The first-order valence-electron chi connectivity index (χ1n) is 5.19. The number of phenols is 1. The van der Waals surface area contributed by atoms with Gasteiger partial charge < -0.3 is 10.4 Å². The van der Waals surface area contributed by atoms with Crippen LogP contribution in [0.25, 0.3) is 0 Å². The van der Waals surface area contributed by atoms with Crippen molar-refractivity contribution >= 4 is 11.6 Å². The number of hydrogen-bond acceptors (Lipinski definition) is 4. The molecule has 2 aromatic rings. The van der Waals surface area contributed by atoms with Gasteiger partial charge in [-0.25, -0.2) is 9.97 Å². The maximum atomic E-state index is 9.70. The van der Waals surface area contributed by atoms with E-state index in [9.17, 15) is 5.11 Å². The van der Waals surface area contributed by atoms with Crippen molar-refractivity contribution in [3.63, 3.8) is 0 Å². The summed E-state index contributed by atoms with van der Waals surface area (Å²) in [5.74, 6) is 0.129. The van der Waals surface area contributed by atoms with E-state index in [2.05, 4.69) is 15.3 Å². The molecule has 4 nitrogen and oxygen atoms in total. The zero-order valence-corrected chi connectivity index (χ0v) is 9.85. The maximum absolute atomic E-state index is 9.70. The highest BCUT2D eigenvalue weighted by Gasteiger charge is 2.04. The average Bonchev–Trinajstić information content (AvgIpc) is 2.36. The number of nitrogens with one attached hydrogen (secondary N) is 1. The Kier molecular flexibility index (Phi) is 3.90. The number of aromatic hydroxyl groups is 1. The van der Waals surface area contributed by atoms with E-state index in [-0.39, 0.29) is 5.75 Å². The number of hydrogen-bond donors (Lipinski definition) is 2. The molecule has 0 fully saturated rings. The van der Waals surface area contributed by atoms with Gasteiger partial charge in [-0.05, 0) is 12.1 Å². The lowest BCUT2D eigenvalue weighted by atomic mass is 10.2. The first kappa shape index (κ1) is 11.8. The van der Waals surface area contributed by atoms with Crippen LogP contribution < -0.4 is 5.32 Å². The molecule has 0 aliphatic heterocycles. The fourth-order valence-electron chi connectivity index (χ4n) is 1.45. The summed E-state index contributed by atoms with van der Waals surface area (Å²) in [6, 6.07) is 7.13. The largest absolute Gasteiger partial charge is 0.506 e. The van der Waals surface area contributed by atoms with Crippen molar-refractivity contribution < 1.29 is 5.11 Å². The van der Waals surface area contributed by atoms with Crippen LogP contribution in [-0.2, 0) is 13.1 Å². The molecule has 0 radical (unpaired) electrons. The Hall–Kier alpha value is -1.65. The number of para-hydroxylation sites is 1. The minimum absolute atomic E-state index is 0.129. The summed E-state index contributed by atoms with van der Waals surface area (Å²) in [6.07, 6.45) is 3.20. The van der Waals surface area contributed by atoms with Gasteiger partial charge in [0.1, 0.15) is 12.1 Å². The van der Waals surface area contributed by atoms with Crippen molar-refractivity contribution in [3.05, 3.63) is 53.1 Å². The van der Waals surface area contributed by atoms with Crippen LogP contribution in [0.2, 0.25) is 5.02 Å². The van der Waals surface area contributed by atoms with Crippen molar-refractivity contribution in [2.45, 2.75) is 13.1 Å². The van der Waals surface area contributed by atoms with Gasteiger partial charge in [0, 0.05) is 24.8 Å². The van der Waals surface area contributed by atoms with Crippen molar-refractivity contribution in [2.75, 3.05) is 0 Å². The number of phenolic OH excluding ortho intramolecular Hbond substituents is 1. The molecular weight excluding hydrogens is 238 g/mol. The molecule has 0 aliphatic rings. The second-order valence-electron chi connectivity index (χ2n) is 3.55. The van der Waals surface area contributed by atoms with Gasteiger partial charge in [-0.15, -0.1) is 0 Å². The average molecular weight is 250 g/mol. The highest BCUT2D eigenvalue weighted by Crippen LogP contribution is 2.26. The minimum Gasteiger partial charge on any atom is -0.506 e. The van der Waals surface area contributed by atoms with E-state index in [4.69, 9.17) is 11.6 Å². The molecule has 0 atom stereocenters. The Bertz CT molecular complexity index is 490. The van der Waals surface area contributed by atoms with E-state index in [1.165, 1.54) is 6.33 Å². The Morgan fingerprint density at radius 2 is 2.12 bits per heavy atom. The molecule has 5 heteroatoms. The number of nitrogens with zero attached hydrogens (tertiary/aromatic N) is 2. The predicted octanol–water partition coefficient (Wildman–Crippen LogP) is 2.13. The number of benzene rings is 1. The van der Waals surface area contributed by atoms with Crippen LogP contribution in [0, 0.1) is 0 Å². The summed E-state index contributed by atoms with van der Waals surface area (Å²) in [7, 11) is 0. The predicted molar refractivity (Wildman–Crippen MR) is 65.7 cm³/mol. The molecule has 0 aliphatic carbocycles. The van der Waals surface area contributed by atoms with E-state index >= 15 is 0 Å². The zero-order chi connectivity index (χ0) is 12.1. The summed E-state index contributed by atoms with van der Waals surface area (Å²) >= 11 is 5.81. The molecule has 2 rings (SSSR count). The Balaban J connectivity index is 1.93. The number of aromatic nitrogens is 2. The number of rotatable bonds is 4. The normalized spacial score (nSPS) is 10.4. The summed E-state index contributed by atoms with van der Waals surface area (Å²) < 4.78 is 0. The van der Waals surface area contributed by atoms with Crippen LogP contribution in [0.3, 0.4) is 0 Å². The monoisotopic (exact) mass is 249 g/mol. The van der Waals surface area contributed by atoms with E-state index in [0.29, 0.717) is 18.1 Å². The van der Waals surface area contributed by atoms with Crippen molar-refractivity contribution in [2.24, 2.45) is 0 Å². The molecule has 1 aromatic heterocycles. The standard InChI is InChI=1S/C12H12ClN3O/c13-11-3-1-2-9(12(11)17)6-15-7-10-4-5-14-8-16-10/h1-5,8,15,17H,6-7H2. The molecule has 88 valence electrons. The Morgan fingerprint density at radius 1 is 1.24 bits per heavy atom. The van der Waals surface area contributed by atoms with Gasteiger partial charge in [0.05, 0.1) is 10.7 Å². The molecule has 1 heterocycles. The van der Waals surface area contributed by atoms with Gasteiger partial charge in [0.2, 0.25) is 0 Å². The van der Waals surface area contributed by atoms with E-state index in [1.54, 1.807) is 12.3 Å². The Labute approximate surface area is 104 Å². The van der Waals surface area contributed by atoms with Gasteiger partial charge in [0.25, 0.3) is 0 Å². The van der Waals surface area contributed by atoms with E-state index in [1.807, 2.05) is 18.2 Å². The smallest absolute Gasteiger partial charge is 0.138 e. The third kappa shape index (κ3) is 3.15. The molecule has 17 heavy (non-hydrogen) atoms. The summed E-state index contributed by atoms with van der Waals surface area (Å²) in [6.45, 7) is 1.16. The molecule has 0 amide bonds. The first-order valence-corrected chi connectivity index (χ1v) is 5.57. The van der Waals surface area contributed by atoms with Crippen LogP contribution in [0.4, 0.5) is 0 Å². The van der Waals surface area contributed by atoms with Gasteiger partial charge in [-0.2, -0.15) is 0 Å². The maximum Gasteiger partial charge on any atom is 0.138 e. The van der Waals surface area contributed by atoms with Crippen LogP contribution in [-0.4, -0.2) is 15.1 Å². The van der Waals surface area contributed by atoms with E-state index < -0.39 is 0 Å². The topological polar surface area (TPSA) is 58.0 Å². The van der Waals surface area contributed by atoms with Crippen LogP contribution in [0.15, 0.2) is 36.8 Å². The highest BCUT2D eigenvalue weighted by atomic mass is 35.5. The second-order valence-corrected chi connectivity index (χ2v) is 3.96. The molecule has 1 aromatic carbocycles. The molecule has 2 N–H and O–H groups in total. The fraction of sp³-hybridized carbons (Fsp3) is 0.167. The molecule has 0 saturated carbocycles. The Morgan fingerprint density at radius 3 is 2.88 bits per heavy atom. The molecule has 0 saturated heterocycles. The van der Waals surface area contributed by atoms with Crippen LogP contribution >= 0.6 is 11.6 Å². The second kappa shape index (κ2) is 5.61. The van der Waals surface area contributed by atoms with Crippen molar-refractivity contribution in [1.29, 1.82) is 0 Å². The fourth-order valence-corrected chi connectivity index (χ4v) is 1.64. The third-order valence-electron chi connectivity index (χ3n) is 2.34. The lowest BCUT2D eigenvalue weighted by Gasteiger charge is -2.07.